The third-order valence-electron chi connectivity index (χ3n) is 3.92. The summed E-state index contributed by atoms with van der Waals surface area (Å²) in [6.45, 7) is 8.37. The van der Waals surface area contributed by atoms with E-state index >= 15 is 0 Å². The summed E-state index contributed by atoms with van der Waals surface area (Å²) in [4.78, 5) is 0. The predicted molar refractivity (Wildman–Crippen MR) is 63.9 cm³/mol. The molecular formula is C13H24F3N. The van der Waals surface area contributed by atoms with E-state index in [9.17, 15) is 13.2 Å². The molecule has 1 nitrogen and oxygen atoms in total. The van der Waals surface area contributed by atoms with Crippen LogP contribution in [-0.4, -0.2) is 18.3 Å². The van der Waals surface area contributed by atoms with Gasteiger partial charge in [0.15, 0.2) is 0 Å². The van der Waals surface area contributed by atoms with E-state index in [1.165, 1.54) is 0 Å². The van der Waals surface area contributed by atoms with Crippen molar-refractivity contribution >= 4 is 0 Å². The van der Waals surface area contributed by atoms with Crippen LogP contribution in [0.5, 0.6) is 0 Å². The molecule has 1 aliphatic rings. The third kappa shape index (κ3) is 4.49. The van der Waals surface area contributed by atoms with Crippen molar-refractivity contribution in [1.82, 2.24) is 5.32 Å². The highest BCUT2D eigenvalue weighted by Gasteiger charge is 2.42. The minimum absolute atomic E-state index is 0.0181. The summed E-state index contributed by atoms with van der Waals surface area (Å²) in [5.41, 5.74) is 0.0885. The first-order valence-electron chi connectivity index (χ1n) is 6.43. The molecule has 0 spiro atoms. The molecule has 0 amide bonds. The topological polar surface area (TPSA) is 12.0 Å². The summed E-state index contributed by atoms with van der Waals surface area (Å²) in [5, 5.41) is 3.36. The van der Waals surface area contributed by atoms with Gasteiger partial charge in [-0.05, 0) is 31.6 Å². The van der Waals surface area contributed by atoms with Crippen LogP contribution in [0.2, 0.25) is 0 Å². The van der Waals surface area contributed by atoms with E-state index < -0.39 is 12.1 Å². The summed E-state index contributed by atoms with van der Waals surface area (Å²) in [5.74, 6) is -1.11. The minimum atomic E-state index is -4.02. The molecule has 0 aromatic carbocycles. The fourth-order valence-corrected chi connectivity index (χ4v) is 2.24. The maximum atomic E-state index is 12.7. The Hall–Kier alpha value is -0.250. The molecule has 3 atom stereocenters. The number of alkyl halides is 3. The Balaban J connectivity index is 2.51. The van der Waals surface area contributed by atoms with Crippen LogP contribution in [0.15, 0.2) is 0 Å². The lowest BCUT2D eigenvalue weighted by Gasteiger charge is -2.36. The first-order chi connectivity index (χ1) is 7.60. The molecule has 0 bridgehead atoms. The molecule has 0 heterocycles. The maximum absolute atomic E-state index is 12.7. The van der Waals surface area contributed by atoms with Crippen molar-refractivity contribution < 1.29 is 13.2 Å². The van der Waals surface area contributed by atoms with Crippen molar-refractivity contribution in [2.45, 2.75) is 71.6 Å². The number of halogens is 3. The van der Waals surface area contributed by atoms with E-state index in [1.54, 1.807) is 0 Å². The Labute approximate surface area is 102 Å². The SMILES string of the molecule is CC(NC1CCCC(C(F)(F)F)C1)C(C)(C)C. The highest BCUT2D eigenvalue weighted by atomic mass is 19.4. The molecule has 1 N–H and O–H groups in total. The smallest absolute Gasteiger partial charge is 0.311 e. The highest BCUT2D eigenvalue weighted by molar-refractivity contribution is 4.86. The average Bonchev–Trinajstić information content (AvgIpc) is 2.15. The van der Waals surface area contributed by atoms with Crippen molar-refractivity contribution in [2.24, 2.45) is 11.3 Å². The number of hydrogen-bond donors (Lipinski definition) is 1. The van der Waals surface area contributed by atoms with E-state index in [0.29, 0.717) is 12.8 Å². The van der Waals surface area contributed by atoms with E-state index in [2.05, 4.69) is 33.0 Å². The van der Waals surface area contributed by atoms with Gasteiger partial charge in [-0.1, -0.05) is 27.2 Å². The van der Waals surface area contributed by atoms with Gasteiger partial charge in [-0.2, -0.15) is 13.2 Å². The second-order valence-corrected chi connectivity index (χ2v) is 6.36. The molecule has 1 aliphatic carbocycles. The summed E-state index contributed by atoms with van der Waals surface area (Å²) in [6, 6.07) is 0.254. The van der Waals surface area contributed by atoms with Gasteiger partial charge in [-0.15, -0.1) is 0 Å². The molecule has 4 heteroatoms. The van der Waals surface area contributed by atoms with E-state index in [-0.39, 0.29) is 23.9 Å². The van der Waals surface area contributed by atoms with Crippen LogP contribution < -0.4 is 5.32 Å². The van der Waals surface area contributed by atoms with Crippen molar-refractivity contribution in [1.29, 1.82) is 0 Å². The van der Waals surface area contributed by atoms with Gasteiger partial charge in [-0.25, -0.2) is 0 Å². The lowest BCUT2D eigenvalue weighted by Crippen LogP contribution is -2.47. The monoisotopic (exact) mass is 251 g/mol. The minimum Gasteiger partial charge on any atom is -0.311 e. The quantitative estimate of drug-likeness (QED) is 0.778. The van der Waals surface area contributed by atoms with E-state index in [1.807, 2.05) is 0 Å². The second-order valence-electron chi connectivity index (χ2n) is 6.36. The van der Waals surface area contributed by atoms with Crippen LogP contribution in [0.4, 0.5) is 13.2 Å². The zero-order valence-corrected chi connectivity index (χ0v) is 11.2. The maximum Gasteiger partial charge on any atom is 0.391 e. The molecule has 1 fully saturated rings. The highest BCUT2D eigenvalue weighted by Crippen LogP contribution is 2.38. The Morgan fingerprint density at radius 1 is 1.12 bits per heavy atom. The molecule has 102 valence electrons. The summed E-state index contributed by atoms with van der Waals surface area (Å²) in [7, 11) is 0. The normalized spacial score (nSPS) is 29.1. The van der Waals surface area contributed by atoms with Crippen LogP contribution in [0.25, 0.3) is 0 Å². The second kappa shape index (κ2) is 5.17. The molecular weight excluding hydrogens is 227 g/mol. The Morgan fingerprint density at radius 3 is 2.18 bits per heavy atom. The molecule has 0 saturated heterocycles. The first-order valence-corrected chi connectivity index (χ1v) is 6.43. The average molecular weight is 251 g/mol. The molecule has 0 radical (unpaired) electrons. The van der Waals surface area contributed by atoms with Crippen molar-refractivity contribution in [3.8, 4) is 0 Å². The zero-order valence-electron chi connectivity index (χ0n) is 11.2. The predicted octanol–water partition coefficient (Wildman–Crippen LogP) is 4.13. The molecule has 1 rings (SSSR count). The summed E-state index contributed by atoms with van der Waals surface area (Å²) < 4.78 is 38.0. The Morgan fingerprint density at radius 2 is 1.71 bits per heavy atom. The zero-order chi connectivity index (χ0) is 13.3. The number of rotatable bonds is 2. The largest absolute Gasteiger partial charge is 0.391 e. The Bertz CT molecular complexity index is 240. The van der Waals surface area contributed by atoms with Crippen LogP contribution in [0.3, 0.4) is 0 Å². The summed E-state index contributed by atoms with van der Waals surface area (Å²) in [6.07, 6.45) is -1.94. The van der Waals surface area contributed by atoms with Gasteiger partial charge >= 0.3 is 6.18 Å². The lowest BCUT2D eigenvalue weighted by molar-refractivity contribution is -0.184. The molecule has 0 aliphatic heterocycles. The molecule has 1 saturated carbocycles. The van der Waals surface area contributed by atoms with Crippen molar-refractivity contribution in [3.05, 3.63) is 0 Å². The van der Waals surface area contributed by atoms with E-state index in [0.717, 1.165) is 6.42 Å². The third-order valence-corrected chi connectivity index (χ3v) is 3.92. The first kappa shape index (κ1) is 14.8. The van der Waals surface area contributed by atoms with Crippen LogP contribution in [0, 0.1) is 11.3 Å². The van der Waals surface area contributed by atoms with Gasteiger partial charge in [0.05, 0.1) is 5.92 Å². The lowest BCUT2D eigenvalue weighted by atomic mass is 9.82. The standard InChI is InChI=1S/C13H24F3N/c1-9(12(2,3)4)17-11-7-5-6-10(8-11)13(14,15)16/h9-11,17H,5-8H2,1-4H3. The van der Waals surface area contributed by atoms with Gasteiger partial charge in [0.2, 0.25) is 0 Å². The molecule has 17 heavy (non-hydrogen) atoms. The number of hydrogen-bond acceptors (Lipinski definition) is 1. The van der Waals surface area contributed by atoms with E-state index in [4.69, 9.17) is 0 Å². The fourth-order valence-electron chi connectivity index (χ4n) is 2.24. The summed E-state index contributed by atoms with van der Waals surface area (Å²) >= 11 is 0. The van der Waals surface area contributed by atoms with Gasteiger partial charge in [0, 0.05) is 12.1 Å². The Kier molecular flexibility index (Phi) is 4.50. The number of nitrogens with one attached hydrogen (secondary N) is 1. The van der Waals surface area contributed by atoms with Crippen molar-refractivity contribution in [3.63, 3.8) is 0 Å². The van der Waals surface area contributed by atoms with Crippen LogP contribution in [0.1, 0.15) is 53.4 Å². The van der Waals surface area contributed by atoms with Crippen molar-refractivity contribution in [2.75, 3.05) is 0 Å². The van der Waals surface area contributed by atoms with Gasteiger partial charge in [-0.3, -0.25) is 0 Å². The van der Waals surface area contributed by atoms with Gasteiger partial charge < -0.3 is 5.32 Å². The fraction of sp³-hybridized carbons (Fsp3) is 1.00. The van der Waals surface area contributed by atoms with Gasteiger partial charge in [0.25, 0.3) is 0 Å². The van der Waals surface area contributed by atoms with Gasteiger partial charge in [0.1, 0.15) is 0 Å². The molecule has 0 aromatic heterocycles. The molecule has 3 unspecified atom stereocenters. The molecule has 0 aromatic rings. The van der Waals surface area contributed by atoms with Crippen LogP contribution >= 0.6 is 0 Å². The van der Waals surface area contributed by atoms with Crippen LogP contribution in [-0.2, 0) is 0 Å².